The van der Waals surface area contributed by atoms with Gasteiger partial charge in [-0.15, -0.1) is 0 Å². The Morgan fingerprint density at radius 3 is 2.89 bits per heavy atom. The number of nitrogens with two attached hydrogens (primary N) is 1. The van der Waals surface area contributed by atoms with Gasteiger partial charge in [-0.05, 0) is 45.0 Å². The molecule has 0 aliphatic carbocycles. The number of hydrogen-bond acceptors (Lipinski definition) is 4. The van der Waals surface area contributed by atoms with Crippen LogP contribution in [0.2, 0.25) is 0 Å². The summed E-state index contributed by atoms with van der Waals surface area (Å²) in [5, 5.41) is 0. The van der Waals surface area contributed by atoms with Crippen molar-refractivity contribution in [2.24, 2.45) is 0 Å². The lowest BCUT2D eigenvalue weighted by atomic mass is 10.1. The average molecular weight is 259 g/mol. The van der Waals surface area contributed by atoms with Crippen LogP contribution in [0.1, 0.15) is 32.2 Å². The van der Waals surface area contributed by atoms with Crippen molar-refractivity contribution in [2.75, 3.05) is 25.4 Å². The van der Waals surface area contributed by atoms with Gasteiger partial charge in [0, 0.05) is 18.8 Å². The van der Waals surface area contributed by atoms with Crippen molar-refractivity contribution in [1.29, 1.82) is 0 Å². The molecule has 0 aromatic carbocycles. The molecule has 1 fully saturated rings. The molecule has 2 aromatic heterocycles. The summed E-state index contributed by atoms with van der Waals surface area (Å²) in [7, 11) is 0. The standard InChI is InChI=1S/C14H21N5/c1-11(10-18-8-3-2-4-9-18)19-13-12(17-14(19)15)6-5-7-16-13/h5-7,11H,2-4,8-10H2,1H3,(H2,15,17). The zero-order chi connectivity index (χ0) is 13.2. The van der Waals surface area contributed by atoms with Crippen LogP contribution in [0.5, 0.6) is 0 Å². The highest BCUT2D eigenvalue weighted by Gasteiger charge is 2.18. The fraction of sp³-hybridized carbons (Fsp3) is 0.571. The summed E-state index contributed by atoms with van der Waals surface area (Å²) in [6.07, 6.45) is 5.78. The van der Waals surface area contributed by atoms with Crippen LogP contribution in [-0.2, 0) is 0 Å². The van der Waals surface area contributed by atoms with Crippen molar-refractivity contribution in [1.82, 2.24) is 19.4 Å². The first-order valence-electron chi connectivity index (χ1n) is 7.06. The van der Waals surface area contributed by atoms with Crippen molar-refractivity contribution >= 4 is 17.1 Å². The molecule has 3 heterocycles. The van der Waals surface area contributed by atoms with E-state index in [-0.39, 0.29) is 0 Å². The second-order valence-electron chi connectivity index (χ2n) is 5.40. The van der Waals surface area contributed by atoms with Crippen LogP contribution in [0.3, 0.4) is 0 Å². The summed E-state index contributed by atoms with van der Waals surface area (Å²) >= 11 is 0. The van der Waals surface area contributed by atoms with E-state index < -0.39 is 0 Å². The van der Waals surface area contributed by atoms with Crippen LogP contribution in [0, 0.1) is 0 Å². The van der Waals surface area contributed by atoms with Gasteiger partial charge >= 0.3 is 0 Å². The van der Waals surface area contributed by atoms with Crippen molar-refractivity contribution < 1.29 is 0 Å². The zero-order valence-electron chi connectivity index (χ0n) is 11.4. The van der Waals surface area contributed by atoms with Gasteiger partial charge in [0.15, 0.2) is 5.65 Å². The number of rotatable bonds is 3. The van der Waals surface area contributed by atoms with Gasteiger partial charge in [0.05, 0.1) is 0 Å². The second kappa shape index (κ2) is 5.17. The van der Waals surface area contributed by atoms with Gasteiger partial charge in [-0.2, -0.15) is 0 Å². The van der Waals surface area contributed by atoms with E-state index in [1.165, 1.54) is 32.4 Å². The molecule has 0 saturated carbocycles. The van der Waals surface area contributed by atoms with Gasteiger partial charge in [-0.1, -0.05) is 6.42 Å². The minimum atomic E-state index is 0.304. The molecular formula is C14H21N5. The van der Waals surface area contributed by atoms with Crippen LogP contribution in [0.4, 0.5) is 5.95 Å². The molecule has 1 atom stereocenters. The molecule has 0 amide bonds. The van der Waals surface area contributed by atoms with Crippen LogP contribution < -0.4 is 5.73 Å². The Hall–Kier alpha value is -1.62. The van der Waals surface area contributed by atoms with Crippen LogP contribution >= 0.6 is 0 Å². The fourth-order valence-corrected chi connectivity index (χ4v) is 2.98. The Morgan fingerprint density at radius 1 is 1.32 bits per heavy atom. The summed E-state index contributed by atoms with van der Waals surface area (Å²) in [6, 6.07) is 4.16. The summed E-state index contributed by atoms with van der Waals surface area (Å²) in [4.78, 5) is 11.3. The molecule has 5 nitrogen and oxygen atoms in total. The second-order valence-corrected chi connectivity index (χ2v) is 5.40. The van der Waals surface area contributed by atoms with Gasteiger partial charge in [-0.25, -0.2) is 9.97 Å². The minimum absolute atomic E-state index is 0.304. The minimum Gasteiger partial charge on any atom is -0.369 e. The van der Waals surface area contributed by atoms with Gasteiger partial charge in [0.2, 0.25) is 5.95 Å². The van der Waals surface area contributed by atoms with Gasteiger partial charge < -0.3 is 10.6 Å². The van der Waals surface area contributed by atoms with E-state index >= 15 is 0 Å². The highest BCUT2D eigenvalue weighted by Crippen LogP contribution is 2.22. The Kier molecular flexibility index (Phi) is 3.38. The summed E-state index contributed by atoms with van der Waals surface area (Å²) in [5.74, 6) is 0.568. The number of hydrogen-bond donors (Lipinski definition) is 1. The Balaban J connectivity index is 1.84. The molecule has 1 unspecified atom stereocenters. The third-order valence-corrected chi connectivity index (χ3v) is 3.89. The van der Waals surface area contributed by atoms with E-state index in [1.807, 2.05) is 12.1 Å². The van der Waals surface area contributed by atoms with Crippen molar-refractivity contribution in [3.63, 3.8) is 0 Å². The lowest BCUT2D eigenvalue weighted by Crippen LogP contribution is -2.34. The molecule has 2 N–H and O–H groups in total. The molecular weight excluding hydrogens is 238 g/mol. The maximum atomic E-state index is 6.05. The lowest BCUT2D eigenvalue weighted by Gasteiger charge is -2.29. The topological polar surface area (TPSA) is 60.0 Å². The number of aromatic nitrogens is 3. The van der Waals surface area contributed by atoms with Crippen LogP contribution in [0.15, 0.2) is 18.3 Å². The molecule has 102 valence electrons. The largest absolute Gasteiger partial charge is 0.369 e. The number of nitrogens with zero attached hydrogens (tertiary/aromatic N) is 4. The van der Waals surface area contributed by atoms with E-state index in [9.17, 15) is 0 Å². The molecule has 5 heteroatoms. The lowest BCUT2D eigenvalue weighted by molar-refractivity contribution is 0.203. The Morgan fingerprint density at radius 2 is 2.11 bits per heavy atom. The number of anilines is 1. The van der Waals surface area contributed by atoms with Gasteiger partial charge in [-0.3, -0.25) is 4.57 Å². The highest BCUT2D eigenvalue weighted by molar-refractivity contribution is 5.73. The number of imidazole rings is 1. The smallest absolute Gasteiger partial charge is 0.202 e. The average Bonchev–Trinajstić information content (AvgIpc) is 2.75. The highest BCUT2D eigenvalue weighted by atomic mass is 15.2. The Labute approximate surface area is 113 Å². The first kappa shape index (κ1) is 12.4. The molecule has 2 aromatic rings. The first-order chi connectivity index (χ1) is 9.25. The normalized spacial score (nSPS) is 18.8. The molecule has 1 aliphatic rings. The zero-order valence-corrected chi connectivity index (χ0v) is 11.4. The van der Waals surface area contributed by atoms with Crippen molar-refractivity contribution in [3.8, 4) is 0 Å². The van der Waals surface area contributed by atoms with Crippen LogP contribution in [-0.4, -0.2) is 39.1 Å². The summed E-state index contributed by atoms with van der Waals surface area (Å²) in [6.45, 7) is 5.61. The maximum Gasteiger partial charge on any atom is 0.202 e. The first-order valence-corrected chi connectivity index (χ1v) is 7.06. The van der Waals surface area contributed by atoms with Gasteiger partial charge in [0.1, 0.15) is 5.52 Å². The molecule has 1 aliphatic heterocycles. The van der Waals surface area contributed by atoms with E-state index in [0.717, 1.165) is 17.7 Å². The van der Waals surface area contributed by atoms with Crippen molar-refractivity contribution in [3.05, 3.63) is 18.3 Å². The summed E-state index contributed by atoms with van der Waals surface area (Å²) < 4.78 is 2.06. The number of fused-ring (bicyclic) bond motifs is 1. The Bertz CT molecular complexity index is 556. The molecule has 1 saturated heterocycles. The number of nitrogen functional groups attached to an aromatic ring is 1. The monoisotopic (exact) mass is 259 g/mol. The van der Waals surface area contributed by atoms with Crippen LogP contribution in [0.25, 0.3) is 11.2 Å². The fourth-order valence-electron chi connectivity index (χ4n) is 2.98. The molecule has 0 spiro atoms. The SMILES string of the molecule is CC(CN1CCCCC1)n1c(N)nc2cccnc21. The third-order valence-electron chi connectivity index (χ3n) is 3.89. The van der Waals surface area contributed by atoms with E-state index in [2.05, 4.69) is 26.4 Å². The predicted octanol–water partition coefficient (Wildman–Crippen LogP) is 2.06. The molecule has 3 rings (SSSR count). The maximum absolute atomic E-state index is 6.05. The molecule has 0 bridgehead atoms. The molecule has 19 heavy (non-hydrogen) atoms. The number of likely N-dealkylation sites (tertiary alicyclic amines) is 1. The predicted molar refractivity (Wildman–Crippen MR) is 76.9 cm³/mol. The number of pyridine rings is 1. The van der Waals surface area contributed by atoms with E-state index in [4.69, 9.17) is 5.73 Å². The number of piperidine rings is 1. The van der Waals surface area contributed by atoms with Crippen molar-refractivity contribution in [2.45, 2.75) is 32.2 Å². The molecule has 0 radical (unpaired) electrons. The quantitative estimate of drug-likeness (QED) is 0.916. The van der Waals surface area contributed by atoms with Gasteiger partial charge in [0.25, 0.3) is 0 Å². The summed E-state index contributed by atoms with van der Waals surface area (Å²) in [5.41, 5.74) is 7.83. The van der Waals surface area contributed by atoms with E-state index in [0.29, 0.717) is 12.0 Å². The van der Waals surface area contributed by atoms with E-state index in [1.54, 1.807) is 6.20 Å². The third kappa shape index (κ3) is 2.42.